The van der Waals surface area contributed by atoms with E-state index in [9.17, 15) is 9.59 Å². The lowest BCUT2D eigenvalue weighted by molar-refractivity contribution is -0.136. The number of ether oxygens (including phenoxy) is 1. The highest BCUT2D eigenvalue weighted by atomic mass is 16.5. The van der Waals surface area contributed by atoms with Gasteiger partial charge in [0, 0.05) is 31.0 Å². The number of rotatable bonds is 6. The van der Waals surface area contributed by atoms with Crippen molar-refractivity contribution in [1.29, 1.82) is 0 Å². The summed E-state index contributed by atoms with van der Waals surface area (Å²) in [4.78, 5) is 26.3. The maximum Gasteiger partial charge on any atom is 0.313 e. The molecule has 3 rings (SSSR count). The van der Waals surface area contributed by atoms with Crippen LogP contribution in [0.1, 0.15) is 17.5 Å². The first kappa shape index (κ1) is 19.9. The molecule has 2 amide bonds. The van der Waals surface area contributed by atoms with Gasteiger partial charge in [-0.1, -0.05) is 30.3 Å². The van der Waals surface area contributed by atoms with Crippen molar-refractivity contribution in [2.75, 3.05) is 43.1 Å². The number of hydrogen-bond acceptors (Lipinski definition) is 4. The molecule has 2 N–H and O–H groups in total. The first-order valence-electron chi connectivity index (χ1n) is 9.70. The molecule has 2 aromatic rings. The zero-order chi connectivity index (χ0) is 19.8. The molecule has 1 fully saturated rings. The van der Waals surface area contributed by atoms with Crippen LogP contribution in [0.15, 0.2) is 48.5 Å². The number of morpholine rings is 1. The predicted molar refractivity (Wildman–Crippen MR) is 111 cm³/mol. The molecular formula is C22H27N3O3. The summed E-state index contributed by atoms with van der Waals surface area (Å²) < 4.78 is 5.38. The third kappa shape index (κ3) is 5.57. The molecule has 28 heavy (non-hydrogen) atoms. The second-order valence-electron chi connectivity index (χ2n) is 6.89. The molecule has 0 spiro atoms. The molecule has 0 aromatic heterocycles. The second kappa shape index (κ2) is 9.90. The summed E-state index contributed by atoms with van der Waals surface area (Å²) in [6, 6.07) is 15.9. The second-order valence-corrected chi connectivity index (χ2v) is 6.89. The smallest absolute Gasteiger partial charge is 0.313 e. The fourth-order valence-electron chi connectivity index (χ4n) is 3.16. The van der Waals surface area contributed by atoms with Crippen molar-refractivity contribution >= 4 is 23.2 Å². The van der Waals surface area contributed by atoms with Crippen molar-refractivity contribution in [2.45, 2.75) is 19.8 Å². The number of benzene rings is 2. The Kier molecular flexibility index (Phi) is 7.03. The van der Waals surface area contributed by atoms with Gasteiger partial charge in [-0.2, -0.15) is 0 Å². The summed E-state index contributed by atoms with van der Waals surface area (Å²) in [5.74, 6) is -1.24. The topological polar surface area (TPSA) is 70.7 Å². The van der Waals surface area contributed by atoms with E-state index in [4.69, 9.17) is 4.74 Å². The van der Waals surface area contributed by atoms with Gasteiger partial charge in [-0.3, -0.25) is 9.59 Å². The summed E-state index contributed by atoms with van der Waals surface area (Å²) in [7, 11) is 0. The van der Waals surface area contributed by atoms with Gasteiger partial charge in [0.05, 0.1) is 13.2 Å². The monoisotopic (exact) mass is 381 g/mol. The average Bonchev–Trinajstić information content (AvgIpc) is 2.73. The Hall–Kier alpha value is -2.86. The van der Waals surface area contributed by atoms with E-state index in [1.165, 1.54) is 11.3 Å². The molecule has 148 valence electrons. The Morgan fingerprint density at radius 3 is 2.43 bits per heavy atom. The number of nitrogens with one attached hydrogen (secondary N) is 2. The van der Waals surface area contributed by atoms with Crippen LogP contribution in [0.2, 0.25) is 0 Å². The van der Waals surface area contributed by atoms with Gasteiger partial charge in [-0.05, 0) is 49.1 Å². The quantitative estimate of drug-likeness (QED) is 0.596. The molecule has 1 aliphatic heterocycles. The Labute approximate surface area is 165 Å². The van der Waals surface area contributed by atoms with Crippen LogP contribution in [0.3, 0.4) is 0 Å². The van der Waals surface area contributed by atoms with Crippen molar-refractivity contribution in [3.8, 4) is 0 Å². The minimum Gasteiger partial charge on any atom is -0.378 e. The number of anilines is 2. The molecule has 0 atom stereocenters. The predicted octanol–water partition coefficient (Wildman–Crippen LogP) is 2.52. The lowest BCUT2D eigenvalue weighted by Gasteiger charge is -2.28. The van der Waals surface area contributed by atoms with Crippen molar-refractivity contribution in [1.82, 2.24) is 5.32 Å². The Balaban J connectivity index is 1.38. The standard InChI is InChI=1S/C22H27N3O3/c1-17-5-2-3-7-20(17)24-22(27)21(26)23-12-4-6-18-8-10-19(11-9-18)25-13-15-28-16-14-25/h2-3,5,7-11H,4,6,12-16H2,1H3,(H,23,26)(H,24,27). The highest BCUT2D eigenvalue weighted by molar-refractivity contribution is 6.39. The number of aryl methyl sites for hydroxylation is 2. The van der Waals surface area contributed by atoms with E-state index in [1.54, 1.807) is 6.07 Å². The maximum absolute atomic E-state index is 12.0. The van der Waals surface area contributed by atoms with E-state index in [1.807, 2.05) is 25.1 Å². The van der Waals surface area contributed by atoms with Crippen molar-refractivity contribution in [3.63, 3.8) is 0 Å². The molecule has 0 saturated carbocycles. The van der Waals surface area contributed by atoms with Crippen LogP contribution >= 0.6 is 0 Å². The van der Waals surface area contributed by atoms with E-state index < -0.39 is 11.8 Å². The van der Waals surface area contributed by atoms with Gasteiger partial charge in [-0.15, -0.1) is 0 Å². The SMILES string of the molecule is Cc1ccccc1NC(=O)C(=O)NCCCc1ccc(N2CCOCC2)cc1. The number of carbonyl (C=O) groups is 2. The minimum atomic E-state index is -0.635. The number of carbonyl (C=O) groups excluding carboxylic acids is 2. The first-order valence-corrected chi connectivity index (χ1v) is 9.70. The van der Waals surface area contributed by atoms with Crippen molar-refractivity contribution in [3.05, 3.63) is 59.7 Å². The van der Waals surface area contributed by atoms with E-state index in [2.05, 4.69) is 39.8 Å². The molecule has 1 saturated heterocycles. The number of nitrogens with zero attached hydrogens (tertiary/aromatic N) is 1. The van der Waals surface area contributed by atoms with Gasteiger partial charge in [0.2, 0.25) is 0 Å². The van der Waals surface area contributed by atoms with Crippen LogP contribution in [0, 0.1) is 6.92 Å². The molecule has 0 bridgehead atoms. The van der Waals surface area contributed by atoms with Crippen LogP contribution in [-0.2, 0) is 20.7 Å². The third-order valence-corrected chi connectivity index (χ3v) is 4.84. The summed E-state index contributed by atoms with van der Waals surface area (Å²) in [5.41, 5.74) is 4.01. The van der Waals surface area contributed by atoms with Gasteiger partial charge in [-0.25, -0.2) is 0 Å². The summed E-state index contributed by atoms with van der Waals surface area (Å²) in [5, 5.41) is 5.32. The molecule has 0 unspecified atom stereocenters. The normalized spacial score (nSPS) is 13.8. The Bertz CT molecular complexity index is 799. The van der Waals surface area contributed by atoms with Gasteiger partial charge in [0.15, 0.2) is 0 Å². The van der Waals surface area contributed by atoms with Crippen molar-refractivity contribution < 1.29 is 14.3 Å². The molecule has 6 nitrogen and oxygen atoms in total. The zero-order valence-electron chi connectivity index (χ0n) is 16.2. The molecule has 0 aliphatic carbocycles. The first-order chi connectivity index (χ1) is 13.6. The maximum atomic E-state index is 12.0. The van der Waals surface area contributed by atoms with Crippen LogP contribution in [0.25, 0.3) is 0 Å². The van der Waals surface area contributed by atoms with Crippen LogP contribution in [-0.4, -0.2) is 44.7 Å². The summed E-state index contributed by atoms with van der Waals surface area (Å²) in [6.45, 7) is 5.76. The number of hydrogen-bond donors (Lipinski definition) is 2. The molecule has 6 heteroatoms. The fourth-order valence-corrected chi connectivity index (χ4v) is 3.16. The zero-order valence-corrected chi connectivity index (χ0v) is 16.2. The minimum absolute atomic E-state index is 0.464. The highest BCUT2D eigenvalue weighted by Gasteiger charge is 2.14. The molecule has 2 aromatic carbocycles. The van der Waals surface area contributed by atoms with Crippen LogP contribution in [0.5, 0.6) is 0 Å². The van der Waals surface area contributed by atoms with E-state index in [0.717, 1.165) is 44.7 Å². The van der Waals surface area contributed by atoms with Gasteiger partial charge in [0.1, 0.15) is 0 Å². The van der Waals surface area contributed by atoms with Crippen molar-refractivity contribution in [2.24, 2.45) is 0 Å². The van der Waals surface area contributed by atoms with E-state index in [0.29, 0.717) is 12.2 Å². The summed E-state index contributed by atoms with van der Waals surface area (Å²) >= 11 is 0. The van der Waals surface area contributed by atoms with E-state index in [-0.39, 0.29) is 0 Å². The lowest BCUT2D eigenvalue weighted by Crippen LogP contribution is -2.36. The van der Waals surface area contributed by atoms with Gasteiger partial charge < -0.3 is 20.3 Å². The largest absolute Gasteiger partial charge is 0.378 e. The lowest BCUT2D eigenvalue weighted by atomic mass is 10.1. The van der Waals surface area contributed by atoms with E-state index >= 15 is 0 Å². The molecule has 1 aliphatic rings. The average molecular weight is 381 g/mol. The summed E-state index contributed by atoms with van der Waals surface area (Å²) in [6.07, 6.45) is 1.63. The Morgan fingerprint density at radius 2 is 1.71 bits per heavy atom. The number of amides is 2. The Morgan fingerprint density at radius 1 is 1.00 bits per heavy atom. The third-order valence-electron chi connectivity index (χ3n) is 4.84. The number of para-hydroxylation sites is 1. The van der Waals surface area contributed by atoms with Crippen LogP contribution < -0.4 is 15.5 Å². The van der Waals surface area contributed by atoms with Gasteiger partial charge >= 0.3 is 11.8 Å². The van der Waals surface area contributed by atoms with Crippen LogP contribution in [0.4, 0.5) is 11.4 Å². The highest BCUT2D eigenvalue weighted by Crippen LogP contribution is 2.17. The molecule has 0 radical (unpaired) electrons. The van der Waals surface area contributed by atoms with Gasteiger partial charge in [0.25, 0.3) is 0 Å². The molecule has 1 heterocycles. The fraction of sp³-hybridized carbons (Fsp3) is 0.364. The molecular weight excluding hydrogens is 354 g/mol.